The zero-order chi connectivity index (χ0) is 16.3. The van der Waals surface area contributed by atoms with Gasteiger partial charge in [-0.15, -0.1) is 22.7 Å². The van der Waals surface area contributed by atoms with E-state index in [-0.39, 0.29) is 16.4 Å². The molecule has 2 nitrogen and oxygen atoms in total. The molecule has 2 bridgehead atoms. The van der Waals surface area contributed by atoms with Crippen LogP contribution in [0.4, 0.5) is 0 Å². The maximum Gasteiger partial charge on any atom is 0.122 e. The fourth-order valence-corrected chi connectivity index (χ4v) is 13.4. The Morgan fingerprint density at radius 3 is 2.54 bits per heavy atom. The molecule has 0 radical (unpaired) electrons. The summed E-state index contributed by atoms with van der Waals surface area (Å²) in [6.45, 7) is 0. The van der Waals surface area contributed by atoms with E-state index < -0.39 is 25.7 Å². The molecule has 6 atom stereocenters. The highest BCUT2D eigenvalue weighted by Crippen LogP contribution is 2.61. The lowest BCUT2D eigenvalue weighted by Crippen LogP contribution is -2.33. The zero-order valence-electron chi connectivity index (χ0n) is 12.2. The van der Waals surface area contributed by atoms with Gasteiger partial charge in [0, 0.05) is 5.92 Å². The molecular weight excluding hydrogens is 417 g/mol. The average Bonchev–Trinajstić information content (AvgIpc) is 3.36. The van der Waals surface area contributed by atoms with Crippen LogP contribution in [-0.4, -0.2) is 23.0 Å². The molecule has 0 spiro atoms. The Labute approximate surface area is 161 Å². The maximum atomic E-state index is 13.1. The van der Waals surface area contributed by atoms with Gasteiger partial charge in [-0.3, -0.25) is 8.42 Å². The van der Waals surface area contributed by atoms with Gasteiger partial charge < -0.3 is 0 Å². The van der Waals surface area contributed by atoms with E-state index in [9.17, 15) is 8.42 Å². The molecule has 1 saturated heterocycles. The predicted molar refractivity (Wildman–Crippen MR) is 108 cm³/mol. The van der Waals surface area contributed by atoms with Crippen molar-refractivity contribution in [2.75, 3.05) is 0 Å². The van der Waals surface area contributed by atoms with Crippen molar-refractivity contribution in [3.63, 3.8) is 0 Å². The largest absolute Gasteiger partial charge is 0.257 e. The lowest BCUT2D eigenvalue weighted by molar-refractivity contribution is 0.614. The molecule has 0 amide bonds. The molecule has 0 aromatic carbocycles. The van der Waals surface area contributed by atoms with Crippen molar-refractivity contribution in [1.29, 1.82) is 0 Å². The Bertz CT molecular complexity index is 882. The predicted octanol–water partition coefficient (Wildman–Crippen LogP) is 4.68. The fourth-order valence-electron chi connectivity index (χ4n) is 3.42. The van der Waals surface area contributed by atoms with Crippen LogP contribution in [-0.2, 0) is 21.6 Å². The molecule has 0 saturated carbocycles. The molecule has 124 valence electrons. The van der Waals surface area contributed by atoms with E-state index in [1.54, 1.807) is 46.2 Å². The molecule has 0 aliphatic carbocycles. The quantitative estimate of drug-likeness (QED) is 0.662. The van der Waals surface area contributed by atoms with E-state index in [2.05, 4.69) is 24.3 Å². The van der Waals surface area contributed by atoms with E-state index in [1.165, 1.54) is 4.21 Å². The van der Waals surface area contributed by atoms with Crippen LogP contribution in [0.1, 0.15) is 0 Å². The minimum absolute atomic E-state index is 0.0363. The van der Waals surface area contributed by atoms with Crippen LogP contribution in [0.3, 0.4) is 0 Å². The third kappa shape index (κ3) is 2.27. The summed E-state index contributed by atoms with van der Waals surface area (Å²) in [5, 5.41) is 3.97. The molecule has 1 fully saturated rings. The van der Waals surface area contributed by atoms with Crippen molar-refractivity contribution in [3.05, 3.63) is 57.5 Å². The molecule has 2 aromatic heterocycles. The van der Waals surface area contributed by atoms with E-state index >= 15 is 0 Å². The van der Waals surface area contributed by atoms with Crippen molar-refractivity contribution in [3.8, 4) is 0 Å². The van der Waals surface area contributed by atoms with Gasteiger partial charge in [0.05, 0.1) is 44.8 Å². The minimum atomic E-state index is -1.07. The first-order valence-electron chi connectivity index (χ1n) is 7.35. The van der Waals surface area contributed by atoms with Gasteiger partial charge in [0.2, 0.25) is 0 Å². The number of thioether (sulfide) groups is 2. The van der Waals surface area contributed by atoms with Crippen LogP contribution in [0.15, 0.2) is 65.9 Å². The van der Waals surface area contributed by atoms with Crippen LogP contribution in [0.5, 0.6) is 0 Å². The van der Waals surface area contributed by atoms with Crippen molar-refractivity contribution in [2.45, 2.75) is 23.0 Å². The van der Waals surface area contributed by atoms with E-state index in [4.69, 9.17) is 0 Å². The zero-order valence-corrected chi connectivity index (χ0v) is 17.1. The van der Waals surface area contributed by atoms with Gasteiger partial charge in [-0.05, 0) is 22.9 Å². The van der Waals surface area contributed by atoms with Gasteiger partial charge in [-0.2, -0.15) is 0 Å². The minimum Gasteiger partial charge on any atom is -0.257 e. The molecule has 3 aliphatic heterocycles. The second kappa shape index (κ2) is 5.96. The SMILES string of the molecule is O=S1[C@@H]2C=C[C@@]1(Sc1cccs1)[C@H]1C=C(Sc3cccs3)[S@@](=O)[C@@H]21. The summed E-state index contributed by atoms with van der Waals surface area (Å²) in [6.07, 6.45) is 6.31. The van der Waals surface area contributed by atoms with Gasteiger partial charge in [-0.25, -0.2) is 0 Å². The first-order valence-corrected chi connectivity index (χ1v) is 13.2. The van der Waals surface area contributed by atoms with Crippen LogP contribution < -0.4 is 0 Å². The van der Waals surface area contributed by atoms with Crippen molar-refractivity contribution < 1.29 is 8.42 Å². The van der Waals surface area contributed by atoms with Gasteiger partial charge >= 0.3 is 0 Å². The van der Waals surface area contributed by atoms with Crippen LogP contribution in [0.25, 0.3) is 0 Å². The standard InChI is InChI=1S/C16H12O2S6/c17-23-14(21-12-3-1-7-19-12)9-10-15(23)11-5-6-16(10,24(11)18)22-13-4-2-8-20-13/h1-11,15H/t10-,11+,15+,16-,23+,24?/m0/s1. The van der Waals surface area contributed by atoms with Gasteiger partial charge in [0.1, 0.15) is 4.08 Å². The summed E-state index contributed by atoms with van der Waals surface area (Å²) in [6, 6.07) is 8.17. The summed E-state index contributed by atoms with van der Waals surface area (Å²) in [7, 11) is -2.08. The fraction of sp³-hybridized carbons (Fsp3) is 0.250. The molecule has 5 heterocycles. The summed E-state index contributed by atoms with van der Waals surface area (Å²) < 4.78 is 28.9. The lowest BCUT2D eigenvalue weighted by Gasteiger charge is -2.27. The Balaban J connectivity index is 1.52. The Morgan fingerprint density at radius 2 is 1.83 bits per heavy atom. The average molecular weight is 429 g/mol. The molecule has 5 rings (SSSR count). The number of fused-ring (bicyclic) bond motifs is 5. The number of rotatable bonds is 4. The van der Waals surface area contributed by atoms with Gasteiger partial charge in [0.25, 0.3) is 0 Å². The highest BCUT2D eigenvalue weighted by molar-refractivity contribution is 8.19. The van der Waals surface area contributed by atoms with Crippen LogP contribution in [0.2, 0.25) is 0 Å². The Hall–Kier alpha value is -0.120. The van der Waals surface area contributed by atoms with Crippen molar-refractivity contribution in [2.24, 2.45) is 5.92 Å². The summed E-state index contributed by atoms with van der Waals surface area (Å²) in [5.41, 5.74) is 0. The number of hydrogen-bond donors (Lipinski definition) is 0. The van der Waals surface area contributed by atoms with E-state index in [0.29, 0.717) is 0 Å². The van der Waals surface area contributed by atoms with Gasteiger partial charge in [-0.1, -0.05) is 53.9 Å². The first kappa shape index (κ1) is 16.1. The normalized spacial score (nSPS) is 39.3. The van der Waals surface area contributed by atoms with Crippen LogP contribution in [0, 0.1) is 5.92 Å². The second-order valence-electron chi connectivity index (χ2n) is 5.68. The number of allylic oxidation sites excluding steroid dienone is 1. The topological polar surface area (TPSA) is 34.1 Å². The summed E-state index contributed by atoms with van der Waals surface area (Å²) >= 11 is 6.65. The van der Waals surface area contributed by atoms with E-state index in [1.807, 2.05) is 29.0 Å². The smallest absolute Gasteiger partial charge is 0.122 e. The van der Waals surface area contributed by atoms with Gasteiger partial charge in [0.15, 0.2) is 0 Å². The second-order valence-corrected chi connectivity index (χ2v) is 14.4. The summed E-state index contributed by atoms with van der Waals surface area (Å²) in [4.78, 5) is 0. The highest BCUT2D eigenvalue weighted by Gasteiger charge is 2.65. The molecular formula is C16H12O2S6. The summed E-state index contributed by atoms with van der Waals surface area (Å²) in [5.74, 6) is 0.0868. The van der Waals surface area contributed by atoms with E-state index in [0.717, 1.165) is 8.45 Å². The third-order valence-corrected chi connectivity index (χ3v) is 13.8. The third-order valence-electron chi connectivity index (χ3n) is 4.43. The molecule has 8 heteroatoms. The van der Waals surface area contributed by atoms with Crippen LogP contribution >= 0.6 is 46.2 Å². The number of thiophene rings is 2. The molecule has 24 heavy (non-hydrogen) atoms. The van der Waals surface area contributed by atoms with Crippen molar-refractivity contribution in [1.82, 2.24) is 0 Å². The number of hydrogen-bond acceptors (Lipinski definition) is 6. The lowest BCUT2D eigenvalue weighted by atomic mass is 9.94. The molecule has 3 aliphatic rings. The molecule has 0 N–H and O–H groups in total. The molecule has 1 unspecified atom stereocenters. The first-order chi connectivity index (χ1) is 11.7. The van der Waals surface area contributed by atoms with Crippen molar-refractivity contribution >= 4 is 67.8 Å². The monoisotopic (exact) mass is 428 g/mol. The molecule has 2 aromatic rings. The Kier molecular flexibility index (Phi) is 3.99. The Morgan fingerprint density at radius 1 is 1.08 bits per heavy atom. The highest BCUT2D eigenvalue weighted by atomic mass is 32.2. The maximum absolute atomic E-state index is 13.1.